The van der Waals surface area contributed by atoms with Crippen molar-refractivity contribution in [2.45, 2.75) is 31.7 Å². The summed E-state index contributed by atoms with van der Waals surface area (Å²) in [7, 11) is 0. The largest absolute Gasteiger partial charge is 0.478 e. The summed E-state index contributed by atoms with van der Waals surface area (Å²) < 4.78 is 28.8. The molecule has 1 N–H and O–H groups in total. The Balaban J connectivity index is 2.11. The molecule has 1 aliphatic carbocycles. The molecule has 0 unspecified atom stereocenters. The summed E-state index contributed by atoms with van der Waals surface area (Å²) in [5.41, 5.74) is -0.248. The van der Waals surface area contributed by atoms with Gasteiger partial charge in [-0.2, -0.15) is 5.10 Å². The predicted octanol–water partition coefficient (Wildman–Crippen LogP) is 3.64. The van der Waals surface area contributed by atoms with Gasteiger partial charge in [0.2, 0.25) is 0 Å². The quantitative estimate of drug-likeness (QED) is 0.939. The van der Waals surface area contributed by atoms with Crippen LogP contribution in [0.15, 0.2) is 24.4 Å². The van der Waals surface area contributed by atoms with Gasteiger partial charge in [0, 0.05) is 11.8 Å². The van der Waals surface area contributed by atoms with Crippen LogP contribution in [0, 0.1) is 11.6 Å². The average molecular weight is 292 g/mol. The normalized spacial score (nSPS) is 15.5. The standard InChI is InChI=1S/C15H14F2N2O2/c16-9-5-6-13(17)11(7-9)14-12(15(20)21)8-19(18-14)10-3-1-2-4-10/h5-8,10H,1-4H2,(H,20,21). The summed E-state index contributed by atoms with van der Waals surface area (Å²) in [5.74, 6) is -2.51. The van der Waals surface area contributed by atoms with Crippen LogP contribution >= 0.6 is 0 Å². The first-order chi connectivity index (χ1) is 10.1. The van der Waals surface area contributed by atoms with Gasteiger partial charge in [0.15, 0.2) is 0 Å². The number of benzene rings is 1. The van der Waals surface area contributed by atoms with Crippen molar-refractivity contribution in [2.75, 3.05) is 0 Å². The van der Waals surface area contributed by atoms with Gasteiger partial charge in [0.05, 0.1) is 6.04 Å². The predicted molar refractivity (Wildman–Crippen MR) is 72.0 cm³/mol. The molecule has 21 heavy (non-hydrogen) atoms. The SMILES string of the molecule is O=C(O)c1cn(C2CCCC2)nc1-c1cc(F)ccc1F. The van der Waals surface area contributed by atoms with Crippen molar-refractivity contribution in [2.24, 2.45) is 0 Å². The van der Waals surface area contributed by atoms with Gasteiger partial charge in [0.25, 0.3) is 0 Å². The molecule has 1 aromatic heterocycles. The molecular formula is C15H14F2N2O2. The van der Waals surface area contributed by atoms with E-state index in [4.69, 9.17) is 0 Å². The minimum Gasteiger partial charge on any atom is -0.478 e. The van der Waals surface area contributed by atoms with E-state index in [0.29, 0.717) is 0 Å². The molecule has 1 aliphatic rings. The maximum atomic E-state index is 13.9. The molecule has 0 aliphatic heterocycles. The molecule has 0 saturated heterocycles. The number of aromatic carboxylic acids is 1. The number of rotatable bonds is 3. The van der Waals surface area contributed by atoms with E-state index in [0.717, 1.165) is 43.9 Å². The van der Waals surface area contributed by atoms with E-state index in [2.05, 4.69) is 5.10 Å². The lowest BCUT2D eigenvalue weighted by Crippen LogP contribution is -2.05. The van der Waals surface area contributed by atoms with Gasteiger partial charge in [-0.15, -0.1) is 0 Å². The van der Waals surface area contributed by atoms with Crippen molar-refractivity contribution in [1.29, 1.82) is 0 Å². The number of carboxylic acids is 1. The Morgan fingerprint density at radius 2 is 2.00 bits per heavy atom. The van der Waals surface area contributed by atoms with E-state index in [9.17, 15) is 18.7 Å². The Labute approximate surface area is 120 Å². The van der Waals surface area contributed by atoms with Gasteiger partial charge in [-0.05, 0) is 31.0 Å². The van der Waals surface area contributed by atoms with Gasteiger partial charge in [0.1, 0.15) is 22.9 Å². The summed E-state index contributed by atoms with van der Waals surface area (Å²) in [4.78, 5) is 11.3. The second kappa shape index (κ2) is 5.27. The van der Waals surface area contributed by atoms with Crippen molar-refractivity contribution in [3.8, 4) is 11.3 Å². The van der Waals surface area contributed by atoms with Crippen LogP contribution in [-0.2, 0) is 0 Å². The van der Waals surface area contributed by atoms with Gasteiger partial charge < -0.3 is 5.11 Å². The van der Waals surface area contributed by atoms with Gasteiger partial charge in [-0.25, -0.2) is 13.6 Å². The van der Waals surface area contributed by atoms with Crippen LogP contribution in [0.3, 0.4) is 0 Å². The highest BCUT2D eigenvalue weighted by Crippen LogP contribution is 2.32. The highest BCUT2D eigenvalue weighted by atomic mass is 19.1. The van der Waals surface area contributed by atoms with Crippen LogP contribution in [0.4, 0.5) is 8.78 Å². The lowest BCUT2D eigenvalue weighted by atomic mass is 10.1. The van der Waals surface area contributed by atoms with Crippen LogP contribution < -0.4 is 0 Å². The maximum absolute atomic E-state index is 13.9. The lowest BCUT2D eigenvalue weighted by Gasteiger charge is -2.08. The van der Waals surface area contributed by atoms with E-state index >= 15 is 0 Å². The summed E-state index contributed by atoms with van der Waals surface area (Å²) >= 11 is 0. The summed E-state index contributed by atoms with van der Waals surface area (Å²) in [5, 5.41) is 13.5. The monoisotopic (exact) mass is 292 g/mol. The number of hydrogen-bond donors (Lipinski definition) is 1. The maximum Gasteiger partial charge on any atom is 0.339 e. The smallest absolute Gasteiger partial charge is 0.339 e. The van der Waals surface area contributed by atoms with E-state index in [1.807, 2.05) is 0 Å². The van der Waals surface area contributed by atoms with Crippen molar-refractivity contribution in [3.63, 3.8) is 0 Å². The zero-order valence-electron chi connectivity index (χ0n) is 11.2. The van der Waals surface area contributed by atoms with Crippen molar-refractivity contribution in [3.05, 3.63) is 41.6 Å². The molecule has 1 heterocycles. The lowest BCUT2D eigenvalue weighted by molar-refractivity contribution is 0.0697. The molecule has 0 radical (unpaired) electrons. The first-order valence-corrected chi connectivity index (χ1v) is 6.84. The van der Waals surface area contributed by atoms with E-state index in [1.54, 1.807) is 4.68 Å². The molecule has 0 spiro atoms. The fraction of sp³-hybridized carbons (Fsp3) is 0.333. The Morgan fingerprint density at radius 3 is 2.67 bits per heavy atom. The molecule has 4 nitrogen and oxygen atoms in total. The third-order valence-corrected chi connectivity index (χ3v) is 3.84. The van der Waals surface area contributed by atoms with E-state index < -0.39 is 17.6 Å². The molecule has 1 aromatic carbocycles. The third kappa shape index (κ3) is 2.53. The van der Waals surface area contributed by atoms with E-state index in [1.165, 1.54) is 6.20 Å². The first-order valence-electron chi connectivity index (χ1n) is 6.84. The topological polar surface area (TPSA) is 55.1 Å². The van der Waals surface area contributed by atoms with Crippen LogP contribution in [0.2, 0.25) is 0 Å². The van der Waals surface area contributed by atoms with Gasteiger partial charge >= 0.3 is 5.97 Å². The Kier molecular flexibility index (Phi) is 3.45. The van der Waals surface area contributed by atoms with Crippen LogP contribution in [-0.4, -0.2) is 20.9 Å². The molecule has 1 fully saturated rings. The highest BCUT2D eigenvalue weighted by Gasteiger charge is 2.24. The molecule has 0 amide bonds. The second-order valence-corrected chi connectivity index (χ2v) is 5.24. The molecular weight excluding hydrogens is 278 g/mol. The van der Waals surface area contributed by atoms with Crippen LogP contribution in [0.25, 0.3) is 11.3 Å². The summed E-state index contributed by atoms with van der Waals surface area (Å²) in [6.07, 6.45) is 5.39. The Bertz CT molecular complexity index is 691. The molecule has 1 saturated carbocycles. The highest BCUT2D eigenvalue weighted by molar-refractivity contribution is 5.94. The molecule has 6 heteroatoms. The zero-order chi connectivity index (χ0) is 15.0. The number of carbonyl (C=O) groups is 1. The average Bonchev–Trinajstić information content (AvgIpc) is 3.09. The van der Waals surface area contributed by atoms with Crippen LogP contribution in [0.1, 0.15) is 42.1 Å². The van der Waals surface area contributed by atoms with Gasteiger partial charge in [-0.3, -0.25) is 4.68 Å². The molecule has 0 atom stereocenters. The minimum absolute atomic E-state index is 0.0219. The number of nitrogens with zero attached hydrogens (tertiary/aromatic N) is 2. The number of hydrogen-bond acceptors (Lipinski definition) is 2. The Morgan fingerprint density at radius 1 is 1.29 bits per heavy atom. The van der Waals surface area contributed by atoms with E-state index in [-0.39, 0.29) is 22.9 Å². The van der Waals surface area contributed by atoms with Crippen molar-refractivity contribution < 1.29 is 18.7 Å². The van der Waals surface area contributed by atoms with Gasteiger partial charge in [-0.1, -0.05) is 12.8 Å². The minimum atomic E-state index is -1.20. The molecule has 2 aromatic rings. The Hall–Kier alpha value is -2.24. The molecule has 3 rings (SSSR count). The van der Waals surface area contributed by atoms with Crippen molar-refractivity contribution in [1.82, 2.24) is 9.78 Å². The number of carboxylic acid groups (broad SMARTS) is 1. The third-order valence-electron chi connectivity index (χ3n) is 3.84. The van der Waals surface area contributed by atoms with Crippen LogP contribution in [0.5, 0.6) is 0 Å². The molecule has 0 bridgehead atoms. The summed E-state index contributed by atoms with van der Waals surface area (Å²) in [6, 6.07) is 3.08. The first kappa shape index (κ1) is 13.7. The fourth-order valence-electron chi connectivity index (χ4n) is 2.78. The zero-order valence-corrected chi connectivity index (χ0v) is 11.2. The number of aromatic nitrogens is 2. The van der Waals surface area contributed by atoms with Crippen molar-refractivity contribution >= 4 is 5.97 Å². The number of halogens is 2. The second-order valence-electron chi connectivity index (χ2n) is 5.24. The summed E-state index contributed by atoms with van der Waals surface area (Å²) in [6.45, 7) is 0. The fourth-order valence-corrected chi connectivity index (χ4v) is 2.78. The molecule has 110 valence electrons.